The third-order valence-corrected chi connectivity index (χ3v) is 2.88. The molecular weight excluding hydrogens is 198 g/mol. The second-order valence-electron chi connectivity index (χ2n) is 2.18. The molecule has 1 unspecified atom stereocenters. The van der Waals surface area contributed by atoms with Crippen LogP contribution in [0, 0.1) is 0 Å². The van der Waals surface area contributed by atoms with Crippen LogP contribution in [0.15, 0.2) is 10.2 Å². The van der Waals surface area contributed by atoms with Crippen LogP contribution in [-0.2, 0) is 4.79 Å². The lowest BCUT2D eigenvalue weighted by Gasteiger charge is -2.22. The van der Waals surface area contributed by atoms with Crippen molar-refractivity contribution in [3.05, 3.63) is 10.2 Å². The highest BCUT2D eigenvalue weighted by Crippen LogP contribution is 2.36. The van der Waals surface area contributed by atoms with Gasteiger partial charge in [-0.15, -0.1) is 0 Å². The van der Waals surface area contributed by atoms with Crippen molar-refractivity contribution >= 4 is 29.8 Å². The van der Waals surface area contributed by atoms with E-state index in [0.717, 1.165) is 6.54 Å². The summed E-state index contributed by atoms with van der Waals surface area (Å²) in [4.78, 5) is 12.0. The lowest BCUT2D eigenvalue weighted by molar-refractivity contribution is -0.109. The van der Waals surface area contributed by atoms with Crippen LogP contribution in [0.2, 0.25) is 0 Å². The molecule has 0 fully saturated rings. The van der Waals surface area contributed by atoms with E-state index >= 15 is 0 Å². The summed E-state index contributed by atoms with van der Waals surface area (Å²) < 4.78 is 0.538. The zero-order valence-corrected chi connectivity index (χ0v) is 8.15. The number of thioether (sulfide) groups is 1. The minimum Gasteiger partial charge on any atom is -0.332 e. The number of nitrogens with two attached hydrogens (primary N) is 1. The monoisotopic (exact) mass is 207 g/mol. The first-order valence-corrected chi connectivity index (χ1v) is 4.75. The van der Waals surface area contributed by atoms with E-state index in [4.69, 9.17) is 17.3 Å². The van der Waals surface area contributed by atoms with Crippen LogP contribution in [0.1, 0.15) is 6.92 Å². The lowest BCUT2D eigenvalue weighted by Crippen LogP contribution is -2.38. The molecule has 1 rings (SSSR count). The summed E-state index contributed by atoms with van der Waals surface area (Å²) in [5, 5.41) is 2.52. The van der Waals surface area contributed by atoms with Gasteiger partial charge in [-0.2, -0.15) is 0 Å². The molecule has 68 valence electrons. The predicted molar refractivity (Wildman–Crippen MR) is 50.0 cm³/mol. The second-order valence-corrected chi connectivity index (χ2v) is 3.91. The van der Waals surface area contributed by atoms with Gasteiger partial charge >= 0.3 is 0 Å². The second kappa shape index (κ2) is 4.02. The predicted octanol–water partition coefficient (Wildman–Crippen LogP) is 0.409. The van der Waals surface area contributed by atoms with Crippen LogP contribution in [0.3, 0.4) is 0 Å². The molecule has 0 aromatic carbocycles. The zero-order valence-electron chi connectivity index (χ0n) is 6.58. The fourth-order valence-electron chi connectivity index (χ4n) is 0.999. The number of amides is 1. The normalized spacial score (nSPS) is 23.2. The van der Waals surface area contributed by atoms with Crippen molar-refractivity contribution in [2.24, 2.45) is 5.73 Å². The minimum atomic E-state index is -0.190. The van der Waals surface area contributed by atoms with E-state index in [9.17, 15) is 4.79 Å². The maximum atomic E-state index is 10.2. The summed E-state index contributed by atoms with van der Waals surface area (Å²) in [6.45, 7) is 2.67. The van der Waals surface area contributed by atoms with Crippen molar-refractivity contribution in [1.82, 2.24) is 10.2 Å². The van der Waals surface area contributed by atoms with Crippen molar-refractivity contribution in [3.63, 3.8) is 0 Å². The smallest absolute Gasteiger partial charge is 0.212 e. The number of rotatable bonds is 3. The van der Waals surface area contributed by atoms with Gasteiger partial charge < -0.3 is 16.0 Å². The third-order valence-electron chi connectivity index (χ3n) is 1.54. The molecule has 1 atom stereocenters. The van der Waals surface area contributed by atoms with E-state index in [1.807, 2.05) is 11.8 Å². The molecular formula is C6H10ClN3OS. The van der Waals surface area contributed by atoms with Crippen LogP contribution in [0.5, 0.6) is 0 Å². The van der Waals surface area contributed by atoms with Crippen LogP contribution in [0.25, 0.3) is 0 Å². The van der Waals surface area contributed by atoms with E-state index in [0.29, 0.717) is 16.6 Å². The summed E-state index contributed by atoms with van der Waals surface area (Å²) in [5.74, 6) is 0.603. The molecule has 1 aliphatic rings. The number of carbonyl (C=O) groups is 1. The zero-order chi connectivity index (χ0) is 9.14. The quantitative estimate of drug-likeness (QED) is 0.659. The van der Waals surface area contributed by atoms with E-state index < -0.39 is 0 Å². The van der Waals surface area contributed by atoms with Gasteiger partial charge in [-0.1, -0.05) is 23.4 Å². The Balaban J connectivity index is 2.76. The molecule has 0 radical (unpaired) electrons. The number of carbonyl (C=O) groups excluding carboxylic acids is 1. The molecule has 6 heteroatoms. The maximum Gasteiger partial charge on any atom is 0.212 e. The van der Waals surface area contributed by atoms with Crippen molar-refractivity contribution in [2.75, 3.05) is 6.54 Å². The summed E-state index contributed by atoms with van der Waals surface area (Å²) in [6, 6.07) is 0. The fraction of sp³-hybridized carbons (Fsp3) is 0.500. The molecule has 1 heterocycles. The van der Waals surface area contributed by atoms with Gasteiger partial charge in [0.15, 0.2) is 0 Å². The van der Waals surface area contributed by atoms with Gasteiger partial charge in [-0.05, 0) is 6.92 Å². The van der Waals surface area contributed by atoms with Crippen LogP contribution < -0.4 is 11.1 Å². The summed E-state index contributed by atoms with van der Waals surface area (Å²) in [5.41, 5.74) is 5.52. The fourth-order valence-corrected chi connectivity index (χ4v) is 2.32. The minimum absolute atomic E-state index is 0.190. The highest BCUT2D eigenvalue weighted by atomic mass is 35.5. The highest BCUT2D eigenvalue weighted by molar-refractivity contribution is 8.05. The summed E-state index contributed by atoms with van der Waals surface area (Å²) >= 11 is 7.15. The van der Waals surface area contributed by atoms with Gasteiger partial charge in [0.05, 0.1) is 0 Å². The molecule has 0 bridgehead atoms. The molecule has 0 saturated heterocycles. The van der Waals surface area contributed by atoms with Gasteiger partial charge in [0.25, 0.3) is 0 Å². The number of hydrogen-bond acceptors (Lipinski definition) is 4. The molecule has 0 saturated carbocycles. The Morgan fingerprint density at radius 1 is 1.92 bits per heavy atom. The average Bonchev–Trinajstić information content (AvgIpc) is 2.28. The number of hydrogen-bond donors (Lipinski definition) is 2. The Bertz CT molecular complexity index is 221. The Kier molecular flexibility index (Phi) is 3.25. The standard InChI is InChI=1S/C6H10ClN3OS/c1-2-10-5(9-3-11)4(7)12-6(10)8/h3,6H,2,8H2,1H3,(H,9,11). The Labute approximate surface area is 80.1 Å². The van der Waals surface area contributed by atoms with Crippen molar-refractivity contribution in [1.29, 1.82) is 0 Å². The number of nitrogens with one attached hydrogen (secondary N) is 1. The first-order valence-electron chi connectivity index (χ1n) is 3.49. The molecule has 0 aromatic rings. The molecule has 0 aromatic heterocycles. The molecule has 12 heavy (non-hydrogen) atoms. The van der Waals surface area contributed by atoms with Gasteiger partial charge in [-0.3, -0.25) is 4.79 Å². The third kappa shape index (κ3) is 1.68. The summed E-state index contributed by atoms with van der Waals surface area (Å²) in [6.07, 6.45) is 0.596. The number of halogens is 1. The largest absolute Gasteiger partial charge is 0.332 e. The van der Waals surface area contributed by atoms with Crippen LogP contribution >= 0.6 is 23.4 Å². The van der Waals surface area contributed by atoms with Crippen LogP contribution in [0.4, 0.5) is 0 Å². The van der Waals surface area contributed by atoms with Crippen molar-refractivity contribution < 1.29 is 4.79 Å². The Morgan fingerprint density at radius 3 is 3.08 bits per heavy atom. The van der Waals surface area contributed by atoms with Gasteiger partial charge in [0.2, 0.25) is 6.41 Å². The SMILES string of the molecule is CCN1C(NC=O)=C(Cl)SC1N. The van der Waals surface area contributed by atoms with Crippen molar-refractivity contribution in [2.45, 2.75) is 12.4 Å². The average molecular weight is 208 g/mol. The van der Waals surface area contributed by atoms with Gasteiger partial charge in [-0.25, -0.2) is 0 Å². The molecule has 0 spiro atoms. The van der Waals surface area contributed by atoms with E-state index in [2.05, 4.69) is 5.32 Å². The van der Waals surface area contributed by atoms with Gasteiger partial charge in [0, 0.05) is 6.54 Å². The first kappa shape index (κ1) is 9.70. The van der Waals surface area contributed by atoms with E-state index in [1.165, 1.54) is 11.8 Å². The van der Waals surface area contributed by atoms with Crippen molar-refractivity contribution in [3.8, 4) is 0 Å². The Morgan fingerprint density at radius 2 is 2.58 bits per heavy atom. The molecule has 4 nitrogen and oxygen atoms in total. The van der Waals surface area contributed by atoms with Crippen LogP contribution in [-0.4, -0.2) is 23.4 Å². The first-order chi connectivity index (χ1) is 5.70. The molecule has 0 aliphatic carbocycles. The maximum absolute atomic E-state index is 10.2. The topological polar surface area (TPSA) is 58.4 Å². The lowest BCUT2D eigenvalue weighted by atomic mass is 10.5. The van der Waals surface area contributed by atoms with Gasteiger partial charge in [0.1, 0.15) is 15.7 Å². The highest BCUT2D eigenvalue weighted by Gasteiger charge is 2.27. The van der Waals surface area contributed by atoms with E-state index in [-0.39, 0.29) is 5.50 Å². The molecule has 3 N–H and O–H groups in total. The Hall–Kier alpha value is -0.390. The molecule has 1 aliphatic heterocycles. The summed E-state index contributed by atoms with van der Waals surface area (Å²) in [7, 11) is 0. The van der Waals surface area contributed by atoms with E-state index in [1.54, 1.807) is 0 Å². The number of nitrogens with zero attached hydrogens (tertiary/aromatic N) is 1. The molecule has 1 amide bonds.